The maximum atomic E-state index is 12.0. The van der Waals surface area contributed by atoms with Gasteiger partial charge in [-0.25, -0.2) is 0 Å². The Morgan fingerprint density at radius 3 is 2.61 bits per heavy atom. The number of carbonyl (C=O) groups excluding carboxylic acids is 1. The van der Waals surface area contributed by atoms with Crippen LogP contribution in [0.2, 0.25) is 0 Å². The number of morpholine rings is 1. The molecule has 0 aliphatic carbocycles. The molecule has 2 rings (SSSR count). The Bertz CT molecular complexity index is 644. The second-order valence-electron chi connectivity index (χ2n) is 4.88. The fourth-order valence-electron chi connectivity index (χ4n) is 2.03. The molecule has 1 aromatic rings. The van der Waals surface area contributed by atoms with Gasteiger partial charge >= 0.3 is 0 Å². The van der Waals surface area contributed by atoms with Crippen LogP contribution in [0, 0.1) is 11.3 Å². The van der Waals surface area contributed by atoms with Crippen molar-refractivity contribution in [2.75, 3.05) is 32.9 Å². The van der Waals surface area contributed by atoms with Crippen LogP contribution >= 0.6 is 12.2 Å². The van der Waals surface area contributed by atoms with Crippen LogP contribution in [-0.2, 0) is 9.53 Å². The molecule has 1 fully saturated rings. The molecule has 0 aromatic heterocycles. The van der Waals surface area contributed by atoms with E-state index >= 15 is 0 Å². The molecule has 0 saturated carbocycles. The first-order chi connectivity index (χ1) is 11.1. The summed E-state index contributed by atoms with van der Waals surface area (Å²) in [7, 11) is 0. The molecule has 0 atom stereocenters. The third kappa shape index (κ3) is 5.06. The first-order valence-electron chi connectivity index (χ1n) is 7.10. The Balaban J connectivity index is 1.91. The Kier molecular flexibility index (Phi) is 6.09. The van der Waals surface area contributed by atoms with Gasteiger partial charge in [0.25, 0.3) is 5.91 Å². The molecule has 0 radical (unpaired) electrons. The van der Waals surface area contributed by atoms with E-state index in [0.29, 0.717) is 32.1 Å². The van der Waals surface area contributed by atoms with Crippen LogP contribution in [0.25, 0.3) is 6.08 Å². The molecule has 0 unspecified atom stereocenters. The predicted octanol–water partition coefficient (Wildman–Crippen LogP) is 1.12. The average molecular weight is 331 g/mol. The monoisotopic (exact) mass is 331 g/mol. The first-order valence-corrected chi connectivity index (χ1v) is 7.51. The molecule has 2 N–H and O–H groups in total. The number of nitriles is 1. The summed E-state index contributed by atoms with van der Waals surface area (Å²) in [6.45, 7) is 2.32. The summed E-state index contributed by atoms with van der Waals surface area (Å²) in [6.07, 6.45) is 1.60. The van der Waals surface area contributed by atoms with Gasteiger partial charge in [0.05, 0.1) is 18.8 Å². The summed E-state index contributed by atoms with van der Waals surface area (Å²) in [4.78, 5) is 13.8. The highest BCUT2D eigenvalue weighted by atomic mass is 32.1. The zero-order chi connectivity index (χ0) is 16.7. The van der Waals surface area contributed by atoms with Crippen LogP contribution in [0.3, 0.4) is 0 Å². The maximum absolute atomic E-state index is 12.0. The molecular weight excluding hydrogens is 314 g/mol. The lowest BCUT2D eigenvalue weighted by molar-refractivity contribution is -0.137. The number of hydrogen-bond acceptors (Lipinski definition) is 5. The minimum Gasteiger partial charge on any atom is -0.484 e. The minimum absolute atomic E-state index is 0.00842. The molecule has 23 heavy (non-hydrogen) atoms. The summed E-state index contributed by atoms with van der Waals surface area (Å²) < 4.78 is 10.7. The van der Waals surface area contributed by atoms with E-state index in [1.165, 1.54) is 0 Å². The molecule has 1 aromatic carbocycles. The second kappa shape index (κ2) is 8.27. The highest BCUT2D eigenvalue weighted by Gasteiger charge is 2.16. The minimum atomic E-state index is -0.0579. The number of thiocarbonyl (C=S) groups is 1. The highest BCUT2D eigenvalue weighted by Crippen LogP contribution is 2.15. The van der Waals surface area contributed by atoms with Gasteiger partial charge in [-0.3, -0.25) is 4.79 Å². The molecular formula is C16H17N3O3S. The van der Waals surface area contributed by atoms with Crippen LogP contribution < -0.4 is 10.5 Å². The van der Waals surface area contributed by atoms with Crippen molar-refractivity contribution >= 4 is 29.2 Å². The van der Waals surface area contributed by atoms with Gasteiger partial charge in [0.2, 0.25) is 0 Å². The quantitative estimate of drug-likeness (QED) is 0.494. The number of carbonyl (C=O) groups is 1. The van der Waals surface area contributed by atoms with Gasteiger partial charge in [0, 0.05) is 13.1 Å². The Hall–Kier alpha value is -2.43. The number of amides is 1. The maximum Gasteiger partial charge on any atom is 0.260 e. The van der Waals surface area contributed by atoms with E-state index in [1.807, 2.05) is 6.07 Å². The van der Waals surface area contributed by atoms with Crippen LogP contribution in [0.1, 0.15) is 5.56 Å². The van der Waals surface area contributed by atoms with Crippen LogP contribution in [0.5, 0.6) is 5.75 Å². The van der Waals surface area contributed by atoms with Crippen molar-refractivity contribution in [1.82, 2.24) is 4.90 Å². The standard InChI is InChI=1S/C16H17N3O3S/c17-10-13(16(18)23)9-12-1-3-14(4-2-12)22-11-15(20)19-5-7-21-8-6-19/h1-4,9H,5-8,11H2,(H2,18,23)/b13-9+. The topological polar surface area (TPSA) is 88.6 Å². The SMILES string of the molecule is N#C/C(=C\c1ccc(OCC(=O)N2CCOCC2)cc1)C(N)=S. The Labute approximate surface area is 140 Å². The van der Waals surface area contributed by atoms with Gasteiger partial charge in [0.15, 0.2) is 6.61 Å². The van der Waals surface area contributed by atoms with Crippen molar-refractivity contribution in [2.24, 2.45) is 5.73 Å². The molecule has 1 amide bonds. The summed E-state index contributed by atoms with van der Waals surface area (Å²) in [6, 6.07) is 8.94. The van der Waals surface area contributed by atoms with Gasteiger partial charge < -0.3 is 20.1 Å². The van der Waals surface area contributed by atoms with Gasteiger partial charge in [-0.2, -0.15) is 5.26 Å². The van der Waals surface area contributed by atoms with Crippen molar-refractivity contribution < 1.29 is 14.3 Å². The lowest BCUT2D eigenvalue weighted by Crippen LogP contribution is -2.42. The molecule has 1 aliphatic heterocycles. The van der Waals surface area contributed by atoms with E-state index in [2.05, 4.69) is 0 Å². The third-order valence-corrected chi connectivity index (χ3v) is 3.52. The zero-order valence-corrected chi connectivity index (χ0v) is 13.3. The van der Waals surface area contributed by atoms with Crippen LogP contribution in [0.4, 0.5) is 0 Å². The van der Waals surface area contributed by atoms with E-state index < -0.39 is 0 Å². The van der Waals surface area contributed by atoms with E-state index in [9.17, 15) is 4.79 Å². The van der Waals surface area contributed by atoms with Gasteiger partial charge in [0.1, 0.15) is 16.8 Å². The van der Waals surface area contributed by atoms with Crippen molar-refractivity contribution in [1.29, 1.82) is 5.26 Å². The van der Waals surface area contributed by atoms with E-state index in [-0.39, 0.29) is 23.1 Å². The van der Waals surface area contributed by atoms with E-state index in [0.717, 1.165) is 5.56 Å². The van der Waals surface area contributed by atoms with Crippen molar-refractivity contribution in [3.05, 3.63) is 35.4 Å². The highest BCUT2D eigenvalue weighted by molar-refractivity contribution is 7.80. The van der Waals surface area contributed by atoms with Gasteiger partial charge in [-0.05, 0) is 23.8 Å². The normalized spacial score (nSPS) is 14.9. The van der Waals surface area contributed by atoms with Crippen LogP contribution in [0.15, 0.2) is 29.8 Å². The van der Waals surface area contributed by atoms with Crippen molar-refractivity contribution in [2.45, 2.75) is 0 Å². The third-order valence-electron chi connectivity index (χ3n) is 3.30. The molecule has 1 heterocycles. The predicted molar refractivity (Wildman–Crippen MR) is 89.7 cm³/mol. The number of benzene rings is 1. The molecule has 1 aliphatic rings. The zero-order valence-electron chi connectivity index (χ0n) is 12.5. The first kappa shape index (κ1) is 16.9. The summed E-state index contributed by atoms with van der Waals surface area (Å²) in [5.74, 6) is 0.523. The number of nitrogens with two attached hydrogens (primary N) is 1. The molecule has 7 heteroatoms. The largest absolute Gasteiger partial charge is 0.484 e. The van der Waals surface area contributed by atoms with Crippen LogP contribution in [-0.4, -0.2) is 48.7 Å². The van der Waals surface area contributed by atoms with Gasteiger partial charge in [-0.1, -0.05) is 24.4 Å². The Morgan fingerprint density at radius 1 is 1.39 bits per heavy atom. The fourth-order valence-corrected chi connectivity index (χ4v) is 2.14. The second-order valence-corrected chi connectivity index (χ2v) is 5.32. The number of ether oxygens (including phenoxy) is 2. The van der Waals surface area contributed by atoms with E-state index in [4.69, 9.17) is 32.7 Å². The number of hydrogen-bond donors (Lipinski definition) is 1. The van der Waals surface area contributed by atoms with Crippen molar-refractivity contribution in [3.8, 4) is 11.8 Å². The summed E-state index contributed by atoms with van der Waals surface area (Å²) >= 11 is 4.78. The van der Waals surface area contributed by atoms with Gasteiger partial charge in [-0.15, -0.1) is 0 Å². The molecule has 0 spiro atoms. The number of rotatable bonds is 5. The smallest absolute Gasteiger partial charge is 0.260 e. The van der Waals surface area contributed by atoms with E-state index in [1.54, 1.807) is 35.2 Å². The lowest BCUT2D eigenvalue weighted by atomic mass is 10.1. The Morgan fingerprint density at radius 2 is 2.04 bits per heavy atom. The average Bonchev–Trinajstić information content (AvgIpc) is 2.59. The molecule has 6 nitrogen and oxygen atoms in total. The molecule has 0 bridgehead atoms. The number of nitrogens with zero attached hydrogens (tertiary/aromatic N) is 2. The summed E-state index contributed by atoms with van der Waals surface area (Å²) in [5, 5.41) is 8.92. The molecule has 1 saturated heterocycles. The molecule has 120 valence electrons. The van der Waals surface area contributed by atoms with Crippen molar-refractivity contribution in [3.63, 3.8) is 0 Å². The lowest BCUT2D eigenvalue weighted by Gasteiger charge is -2.26. The summed E-state index contributed by atoms with van der Waals surface area (Å²) in [5.41, 5.74) is 6.47. The fraction of sp³-hybridized carbons (Fsp3) is 0.312.